The quantitative estimate of drug-likeness (QED) is 0.797. The maximum Gasteiger partial charge on any atom is 0.136 e. The van der Waals surface area contributed by atoms with Crippen LogP contribution >= 0.6 is 0 Å². The summed E-state index contributed by atoms with van der Waals surface area (Å²) in [5.41, 5.74) is 7.81. The smallest absolute Gasteiger partial charge is 0.136 e. The van der Waals surface area contributed by atoms with Crippen LogP contribution in [-0.2, 0) is 16.1 Å². The van der Waals surface area contributed by atoms with Crippen molar-refractivity contribution < 1.29 is 9.53 Å². The van der Waals surface area contributed by atoms with E-state index in [1.54, 1.807) is 0 Å². The molecule has 2 aliphatic heterocycles. The van der Waals surface area contributed by atoms with Crippen molar-refractivity contribution >= 4 is 11.5 Å². The number of piperidine rings is 1. The Morgan fingerprint density at radius 1 is 1.28 bits per heavy atom. The van der Waals surface area contributed by atoms with Crippen LogP contribution in [0.3, 0.4) is 0 Å². The van der Waals surface area contributed by atoms with E-state index in [1.165, 1.54) is 5.56 Å². The highest BCUT2D eigenvalue weighted by Crippen LogP contribution is 2.27. The number of nitrogen functional groups attached to an aromatic ring is 1. The molecule has 2 heterocycles. The lowest BCUT2D eigenvalue weighted by Crippen LogP contribution is -2.56. The molecule has 18 heavy (non-hydrogen) atoms. The number of fused-ring (bicyclic) bond motifs is 2. The normalized spacial score (nSPS) is 28.3. The highest BCUT2D eigenvalue weighted by atomic mass is 16.5. The number of carbonyl (C=O) groups is 1. The van der Waals surface area contributed by atoms with Crippen molar-refractivity contribution in [3.63, 3.8) is 0 Å². The lowest BCUT2D eigenvalue weighted by molar-refractivity contribution is -0.136. The summed E-state index contributed by atoms with van der Waals surface area (Å²) >= 11 is 0. The molecule has 0 aromatic heterocycles. The van der Waals surface area contributed by atoms with E-state index in [0.717, 1.165) is 12.2 Å². The Kier molecular flexibility index (Phi) is 3.06. The van der Waals surface area contributed by atoms with Gasteiger partial charge in [0.2, 0.25) is 0 Å². The van der Waals surface area contributed by atoms with Crippen LogP contribution in [0.15, 0.2) is 24.3 Å². The molecule has 3 rings (SSSR count). The molecular weight excluding hydrogens is 228 g/mol. The van der Waals surface area contributed by atoms with E-state index >= 15 is 0 Å². The summed E-state index contributed by atoms with van der Waals surface area (Å²) in [5.74, 6) is 0.372. The Hall–Kier alpha value is -1.39. The van der Waals surface area contributed by atoms with E-state index in [1.807, 2.05) is 18.2 Å². The van der Waals surface area contributed by atoms with Crippen molar-refractivity contribution in [2.24, 2.45) is 0 Å². The second-order valence-corrected chi connectivity index (χ2v) is 5.21. The predicted octanol–water partition coefficient (Wildman–Crippen LogP) is 1.20. The molecule has 4 nitrogen and oxygen atoms in total. The van der Waals surface area contributed by atoms with Crippen molar-refractivity contribution in [1.82, 2.24) is 4.90 Å². The lowest BCUT2D eigenvalue weighted by Gasteiger charge is -2.45. The minimum absolute atomic E-state index is 0.242. The molecular formula is C14H18N2O2. The maximum atomic E-state index is 11.6. The summed E-state index contributed by atoms with van der Waals surface area (Å²) < 4.78 is 5.56. The van der Waals surface area contributed by atoms with Gasteiger partial charge < -0.3 is 10.5 Å². The second kappa shape index (κ2) is 4.71. The van der Waals surface area contributed by atoms with Crippen molar-refractivity contribution in [3.8, 4) is 0 Å². The van der Waals surface area contributed by atoms with Crippen molar-refractivity contribution in [2.75, 3.05) is 18.9 Å². The Labute approximate surface area is 107 Å². The molecule has 2 unspecified atom stereocenters. The molecule has 2 fully saturated rings. The van der Waals surface area contributed by atoms with Crippen molar-refractivity contribution in [3.05, 3.63) is 29.8 Å². The Balaban J connectivity index is 1.77. The van der Waals surface area contributed by atoms with Gasteiger partial charge >= 0.3 is 0 Å². The van der Waals surface area contributed by atoms with Gasteiger partial charge in [0, 0.05) is 37.2 Å². The van der Waals surface area contributed by atoms with Gasteiger partial charge in [0.1, 0.15) is 5.78 Å². The van der Waals surface area contributed by atoms with Gasteiger partial charge in [-0.2, -0.15) is 0 Å². The number of ketones is 1. The third kappa shape index (κ3) is 2.26. The van der Waals surface area contributed by atoms with E-state index in [0.29, 0.717) is 31.8 Å². The van der Waals surface area contributed by atoms with Crippen LogP contribution < -0.4 is 5.73 Å². The third-order valence-electron chi connectivity index (χ3n) is 3.80. The largest absolute Gasteiger partial charge is 0.399 e. The van der Waals surface area contributed by atoms with Gasteiger partial charge in [0.05, 0.1) is 13.2 Å². The number of anilines is 1. The molecule has 96 valence electrons. The van der Waals surface area contributed by atoms with Crippen LogP contribution in [0.1, 0.15) is 18.4 Å². The first-order chi connectivity index (χ1) is 8.72. The third-order valence-corrected chi connectivity index (χ3v) is 3.80. The zero-order valence-corrected chi connectivity index (χ0v) is 10.3. The van der Waals surface area contributed by atoms with E-state index in [4.69, 9.17) is 10.5 Å². The number of hydrogen-bond acceptors (Lipinski definition) is 4. The summed E-state index contributed by atoms with van der Waals surface area (Å²) in [6.45, 7) is 2.20. The average molecular weight is 246 g/mol. The van der Waals surface area contributed by atoms with Crippen LogP contribution in [0.25, 0.3) is 0 Å². The van der Waals surface area contributed by atoms with Crippen molar-refractivity contribution in [2.45, 2.75) is 31.5 Å². The summed E-state index contributed by atoms with van der Waals surface area (Å²) in [7, 11) is 0. The standard InChI is InChI=1S/C14H18N2O2/c15-11-3-1-2-10(4-11)7-16-12-5-14(17)6-13(16)9-18-8-12/h1-4,12-13H,5-9,15H2. The molecule has 0 spiro atoms. The Bertz CT molecular complexity index is 445. The summed E-state index contributed by atoms with van der Waals surface area (Å²) in [4.78, 5) is 14.0. The molecule has 2 bridgehead atoms. The topological polar surface area (TPSA) is 55.6 Å². The van der Waals surface area contributed by atoms with E-state index in [9.17, 15) is 4.79 Å². The van der Waals surface area contributed by atoms with Crippen LogP contribution in [0.5, 0.6) is 0 Å². The van der Waals surface area contributed by atoms with Crippen LogP contribution in [0.4, 0.5) is 5.69 Å². The fourth-order valence-electron chi connectivity index (χ4n) is 2.95. The van der Waals surface area contributed by atoms with E-state index in [-0.39, 0.29) is 12.1 Å². The number of hydrogen-bond donors (Lipinski definition) is 1. The van der Waals surface area contributed by atoms with Crippen molar-refractivity contribution in [1.29, 1.82) is 0 Å². The summed E-state index contributed by atoms with van der Waals surface area (Å²) in [6.07, 6.45) is 1.25. The molecule has 0 amide bonds. The molecule has 0 radical (unpaired) electrons. The monoisotopic (exact) mass is 246 g/mol. The number of nitrogens with two attached hydrogens (primary N) is 1. The highest BCUT2D eigenvalue weighted by molar-refractivity contribution is 5.80. The maximum absolute atomic E-state index is 11.6. The van der Waals surface area contributed by atoms with Gasteiger partial charge in [-0.25, -0.2) is 0 Å². The van der Waals surface area contributed by atoms with Gasteiger partial charge in [0.15, 0.2) is 0 Å². The predicted molar refractivity (Wildman–Crippen MR) is 69.0 cm³/mol. The zero-order valence-electron chi connectivity index (χ0n) is 10.3. The molecule has 1 aromatic rings. The highest BCUT2D eigenvalue weighted by Gasteiger charge is 2.38. The first-order valence-corrected chi connectivity index (χ1v) is 6.42. The lowest BCUT2D eigenvalue weighted by atomic mass is 9.92. The van der Waals surface area contributed by atoms with Crippen LogP contribution in [0, 0.1) is 0 Å². The van der Waals surface area contributed by atoms with E-state index in [2.05, 4.69) is 11.0 Å². The minimum atomic E-state index is 0.242. The van der Waals surface area contributed by atoms with Gasteiger partial charge in [-0.05, 0) is 17.7 Å². The molecule has 2 saturated heterocycles. The number of carbonyl (C=O) groups excluding carboxylic acids is 1. The van der Waals surface area contributed by atoms with Crippen LogP contribution in [-0.4, -0.2) is 36.0 Å². The first kappa shape index (κ1) is 11.7. The molecule has 0 aliphatic carbocycles. The number of Topliss-reactive ketones (excluding diaryl/α,β-unsaturated/α-hetero) is 1. The number of ether oxygens (including phenoxy) is 1. The SMILES string of the molecule is Nc1cccc(CN2C3COCC2CC(=O)C3)c1. The second-order valence-electron chi connectivity index (χ2n) is 5.21. The van der Waals surface area contributed by atoms with Gasteiger partial charge in [-0.1, -0.05) is 12.1 Å². The molecule has 4 heteroatoms. The zero-order chi connectivity index (χ0) is 12.5. The van der Waals surface area contributed by atoms with Gasteiger partial charge in [-0.3, -0.25) is 9.69 Å². The first-order valence-electron chi connectivity index (χ1n) is 6.42. The fourth-order valence-corrected chi connectivity index (χ4v) is 2.95. The number of morpholine rings is 1. The molecule has 2 aliphatic rings. The minimum Gasteiger partial charge on any atom is -0.399 e. The summed E-state index contributed by atoms with van der Waals surface area (Å²) in [6, 6.07) is 8.45. The van der Waals surface area contributed by atoms with Crippen LogP contribution in [0.2, 0.25) is 0 Å². The fraction of sp³-hybridized carbons (Fsp3) is 0.500. The number of benzene rings is 1. The van der Waals surface area contributed by atoms with E-state index < -0.39 is 0 Å². The molecule has 2 atom stereocenters. The number of rotatable bonds is 2. The van der Waals surface area contributed by atoms with Gasteiger partial charge in [0.25, 0.3) is 0 Å². The Morgan fingerprint density at radius 3 is 2.67 bits per heavy atom. The summed E-state index contributed by atoms with van der Waals surface area (Å²) in [5, 5.41) is 0. The molecule has 1 aromatic carbocycles. The molecule has 0 saturated carbocycles. The van der Waals surface area contributed by atoms with Gasteiger partial charge in [-0.15, -0.1) is 0 Å². The average Bonchev–Trinajstić information content (AvgIpc) is 2.30. The molecule has 2 N–H and O–H groups in total. The Morgan fingerprint density at radius 2 is 2.00 bits per heavy atom. The number of nitrogens with zero attached hydrogens (tertiary/aromatic N) is 1.